The van der Waals surface area contributed by atoms with Gasteiger partial charge in [-0.05, 0) is 6.92 Å². The molecule has 0 amide bonds. The van der Waals surface area contributed by atoms with E-state index in [1.54, 1.807) is 6.33 Å². The first kappa shape index (κ1) is 16.9. The molecular weight excluding hydrogens is 330 g/mol. The molecule has 0 fully saturated rings. The van der Waals surface area contributed by atoms with E-state index < -0.39 is 0 Å². The zero-order valence-electron chi connectivity index (χ0n) is 8.32. The van der Waals surface area contributed by atoms with E-state index in [2.05, 4.69) is 16.9 Å². The molecule has 1 aromatic heterocycles. The van der Waals surface area contributed by atoms with Crippen LogP contribution >= 0.6 is 45.7 Å². The lowest BCUT2D eigenvalue weighted by atomic mass is 10.4. The number of H-pyrrole nitrogens is 1. The Morgan fingerprint density at radius 3 is 2.64 bits per heavy atom. The number of aryl methyl sites for hydroxylation is 1. The van der Waals surface area contributed by atoms with Gasteiger partial charge in [0.05, 0.1) is 12.0 Å². The van der Waals surface area contributed by atoms with Gasteiger partial charge in [0.2, 0.25) is 0 Å². The van der Waals surface area contributed by atoms with Gasteiger partial charge in [0.1, 0.15) is 0 Å². The van der Waals surface area contributed by atoms with Crippen molar-refractivity contribution in [1.29, 1.82) is 0 Å². The Morgan fingerprint density at radius 1 is 1.57 bits per heavy atom. The summed E-state index contributed by atoms with van der Waals surface area (Å²) >= 11 is 1.84. The minimum absolute atomic E-state index is 0. The first-order chi connectivity index (χ1) is 5.74. The Hall–Kier alpha value is 0.480. The smallest absolute Gasteiger partial charge is 0.0925 e. The van der Waals surface area contributed by atoms with E-state index in [0.29, 0.717) is 5.25 Å². The van der Waals surface area contributed by atoms with Crippen LogP contribution in [0.4, 0.5) is 0 Å². The largest absolute Gasteiger partial charge is 0.348 e. The number of halogens is 2. The molecule has 3 nitrogen and oxygen atoms in total. The van der Waals surface area contributed by atoms with Crippen molar-refractivity contribution in [3.63, 3.8) is 0 Å². The van der Waals surface area contributed by atoms with Gasteiger partial charge >= 0.3 is 0 Å². The van der Waals surface area contributed by atoms with E-state index in [-0.39, 0.29) is 34.0 Å². The van der Waals surface area contributed by atoms with Crippen molar-refractivity contribution in [2.45, 2.75) is 24.9 Å². The standard InChI is InChI=1S/C8H15N3S.2BrH/c1-6(3-9)12-4-8-7(2)10-5-11-8;;/h5-6H,3-4,9H2,1-2H3,(H,10,11);2*1H/t6-;;/m1../s1. The monoisotopic (exact) mass is 345 g/mol. The van der Waals surface area contributed by atoms with E-state index in [1.807, 2.05) is 18.7 Å². The summed E-state index contributed by atoms with van der Waals surface area (Å²) in [6.07, 6.45) is 1.73. The molecular formula is C8H17Br2N3S. The normalized spacial score (nSPS) is 11.4. The molecule has 0 saturated heterocycles. The predicted octanol–water partition coefficient (Wildman–Crippen LogP) is 2.45. The summed E-state index contributed by atoms with van der Waals surface area (Å²) < 4.78 is 0. The first-order valence-electron chi connectivity index (χ1n) is 4.04. The fraction of sp³-hybridized carbons (Fsp3) is 0.625. The molecule has 0 aliphatic heterocycles. The highest BCUT2D eigenvalue weighted by Crippen LogP contribution is 2.16. The molecule has 3 N–H and O–H groups in total. The Labute approximate surface area is 110 Å². The van der Waals surface area contributed by atoms with Crippen molar-refractivity contribution in [1.82, 2.24) is 9.97 Å². The van der Waals surface area contributed by atoms with E-state index in [1.165, 1.54) is 0 Å². The third-order valence-corrected chi connectivity index (χ3v) is 2.97. The maximum absolute atomic E-state index is 5.50. The summed E-state index contributed by atoms with van der Waals surface area (Å²) in [4.78, 5) is 7.26. The van der Waals surface area contributed by atoms with Crippen LogP contribution in [0.5, 0.6) is 0 Å². The van der Waals surface area contributed by atoms with Gasteiger partial charge in [-0.1, -0.05) is 6.92 Å². The van der Waals surface area contributed by atoms with Gasteiger partial charge in [-0.25, -0.2) is 4.98 Å². The second-order valence-electron chi connectivity index (χ2n) is 2.83. The topological polar surface area (TPSA) is 54.7 Å². The zero-order valence-corrected chi connectivity index (χ0v) is 12.6. The number of thioether (sulfide) groups is 1. The fourth-order valence-corrected chi connectivity index (χ4v) is 1.69. The zero-order chi connectivity index (χ0) is 8.97. The van der Waals surface area contributed by atoms with Gasteiger partial charge < -0.3 is 10.7 Å². The summed E-state index contributed by atoms with van der Waals surface area (Å²) in [5, 5.41) is 0.515. The van der Waals surface area contributed by atoms with Gasteiger partial charge in [-0.2, -0.15) is 11.8 Å². The molecule has 1 rings (SSSR count). The number of aromatic amines is 1. The van der Waals surface area contributed by atoms with E-state index >= 15 is 0 Å². The Morgan fingerprint density at radius 2 is 2.21 bits per heavy atom. The molecule has 0 radical (unpaired) electrons. The second-order valence-corrected chi connectivity index (χ2v) is 4.26. The molecule has 0 aromatic carbocycles. The van der Waals surface area contributed by atoms with Crippen LogP contribution in [-0.4, -0.2) is 21.8 Å². The van der Waals surface area contributed by atoms with Crippen molar-refractivity contribution < 1.29 is 0 Å². The highest BCUT2D eigenvalue weighted by Gasteiger charge is 2.04. The number of imidazole rings is 1. The molecule has 1 aromatic rings. The van der Waals surface area contributed by atoms with Crippen LogP contribution in [0, 0.1) is 6.92 Å². The van der Waals surface area contributed by atoms with Gasteiger partial charge in [0.15, 0.2) is 0 Å². The Bertz CT molecular complexity index is 242. The van der Waals surface area contributed by atoms with E-state index in [0.717, 1.165) is 23.7 Å². The Kier molecular flexibility index (Phi) is 10.6. The van der Waals surface area contributed by atoms with Crippen LogP contribution in [0.3, 0.4) is 0 Å². The molecule has 0 unspecified atom stereocenters. The van der Waals surface area contributed by atoms with Crippen LogP contribution in [0.25, 0.3) is 0 Å². The van der Waals surface area contributed by atoms with Crippen LogP contribution < -0.4 is 5.73 Å². The van der Waals surface area contributed by atoms with Crippen LogP contribution in [0.15, 0.2) is 6.33 Å². The molecule has 1 heterocycles. The summed E-state index contributed by atoms with van der Waals surface area (Å²) in [5.41, 5.74) is 7.80. The summed E-state index contributed by atoms with van der Waals surface area (Å²) in [5.74, 6) is 0.952. The lowest BCUT2D eigenvalue weighted by Crippen LogP contribution is -2.12. The number of hydrogen-bond donors (Lipinski definition) is 2. The van der Waals surface area contributed by atoms with Crippen molar-refractivity contribution in [3.05, 3.63) is 17.7 Å². The van der Waals surface area contributed by atoms with Gasteiger partial charge in [0.25, 0.3) is 0 Å². The number of nitrogens with zero attached hydrogens (tertiary/aromatic N) is 1. The second kappa shape index (κ2) is 8.76. The van der Waals surface area contributed by atoms with E-state index in [9.17, 15) is 0 Å². The minimum atomic E-state index is 0. The molecule has 0 bridgehead atoms. The molecule has 0 aliphatic carbocycles. The molecule has 0 spiro atoms. The van der Waals surface area contributed by atoms with Gasteiger partial charge in [0, 0.05) is 23.2 Å². The number of hydrogen-bond acceptors (Lipinski definition) is 3. The average Bonchev–Trinajstić information content (AvgIpc) is 2.47. The first-order valence-corrected chi connectivity index (χ1v) is 5.09. The average molecular weight is 347 g/mol. The van der Waals surface area contributed by atoms with E-state index in [4.69, 9.17) is 5.73 Å². The quantitative estimate of drug-likeness (QED) is 0.880. The fourth-order valence-electron chi connectivity index (χ4n) is 0.822. The predicted molar refractivity (Wildman–Crippen MR) is 73.8 cm³/mol. The number of rotatable bonds is 4. The Balaban J connectivity index is 0. The maximum atomic E-state index is 5.50. The molecule has 1 atom stereocenters. The molecule has 0 saturated carbocycles. The third kappa shape index (κ3) is 5.38. The van der Waals surface area contributed by atoms with Gasteiger partial charge in [-0.3, -0.25) is 0 Å². The molecule has 0 aliphatic rings. The molecule has 6 heteroatoms. The highest BCUT2D eigenvalue weighted by atomic mass is 79.9. The summed E-state index contributed by atoms with van der Waals surface area (Å²) in [6.45, 7) is 4.90. The molecule has 84 valence electrons. The van der Waals surface area contributed by atoms with Crippen LogP contribution in [-0.2, 0) is 5.75 Å². The number of nitrogens with two attached hydrogens (primary N) is 1. The maximum Gasteiger partial charge on any atom is 0.0925 e. The van der Waals surface area contributed by atoms with Crippen molar-refractivity contribution in [2.75, 3.05) is 6.54 Å². The summed E-state index contributed by atoms with van der Waals surface area (Å²) in [7, 11) is 0. The SMILES string of the molecule is Br.Br.Cc1[nH]cnc1CS[C@H](C)CN. The lowest BCUT2D eigenvalue weighted by molar-refractivity contribution is 0.949. The summed E-state index contributed by atoms with van der Waals surface area (Å²) in [6, 6.07) is 0. The van der Waals surface area contributed by atoms with Gasteiger partial charge in [-0.15, -0.1) is 34.0 Å². The van der Waals surface area contributed by atoms with Crippen molar-refractivity contribution in [2.24, 2.45) is 5.73 Å². The van der Waals surface area contributed by atoms with Crippen LogP contribution in [0.1, 0.15) is 18.3 Å². The third-order valence-electron chi connectivity index (χ3n) is 1.77. The lowest BCUT2D eigenvalue weighted by Gasteiger charge is -2.06. The number of aromatic nitrogens is 2. The van der Waals surface area contributed by atoms with Crippen LogP contribution in [0.2, 0.25) is 0 Å². The molecule has 14 heavy (non-hydrogen) atoms. The van der Waals surface area contributed by atoms with Crippen molar-refractivity contribution >= 4 is 45.7 Å². The van der Waals surface area contributed by atoms with Crippen molar-refractivity contribution in [3.8, 4) is 0 Å². The number of nitrogens with one attached hydrogen (secondary N) is 1. The highest BCUT2D eigenvalue weighted by molar-refractivity contribution is 8.93. The minimum Gasteiger partial charge on any atom is -0.348 e.